The van der Waals surface area contributed by atoms with Gasteiger partial charge in [0, 0.05) is 36.7 Å². The number of halogens is 2. The summed E-state index contributed by atoms with van der Waals surface area (Å²) in [5.74, 6) is 0. The van der Waals surface area contributed by atoms with Gasteiger partial charge >= 0.3 is 0 Å². The number of benzene rings is 1. The Balaban J connectivity index is 0.00000180. The molecule has 5 heteroatoms. The third-order valence-electron chi connectivity index (χ3n) is 2.55. The van der Waals surface area contributed by atoms with Crippen LogP contribution in [0.15, 0.2) is 34.8 Å². The van der Waals surface area contributed by atoms with E-state index < -0.39 is 6.67 Å². The van der Waals surface area contributed by atoms with E-state index in [0.29, 0.717) is 6.42 Å². The van der Waals surface area contributed by atoms with Crippen LogP contribution in [0, 0.1) is 6.07 Å². The molecule has 0 amide bonds. The Bertz CT molecular complexity index is 551. The molecule has 2 aromatic rings. The zero-order valence-corrected chi connectivity index (χ0v) is 15.3. The Kier molecular flexibility index (Phi) is 7.31. The summed E-state index contributed by atoms with van der Waals surface area (Å²) in [7, 11) is 2.68. The van der Waals surface area contributed by atoms with Gasteiger partial charge in [0.1, 0.15) is 0 Å². The SMILES string of the molecule is FCCc1cc(Br)cc(-c2[c-]c(CP)ccc2)n1.[Ir]. The molecule has 19 heavy (non-hydrogen) atoms. The van der Waals surface area contributed by atoms with E-state index in [4.69, 9.17) is 0 Å². The van der Waals surface area contributed by atoms with E-state index in [0.717, 1.165) is 33.1 Å². The third kappa shape index (κ3) is 4.72. The normalized spacial score (nSPS) is 10.1. The van der Waals surface area contributed by atoms with Gasteiger partial charge in [-0.1, -0.05) is 22.0 Å². The van der Waals surface area contributed by atoms with Crippen molar-refractivity contribution in [2.75, 3.05) is 6.67 Å². The fraction of sp³-hybridized carbons (Fsp3) is 0.214. The molecule has 1 unspecified atom stereocenters. The van der Waals surface area contributed by atoms with Gasteiger partial charge in [-0.15, -0.1) is 44.6 Å². The number of nitrogens with zero attached hydrogens (tertiary/aromatic N) is 1. The molecule has 0 N–H and O–H groups in total. The van der Waals surface area contributed by atoms with Crippen molar-refractivity contribution in [2.45, 2.75) is 12.6 Å². The molecule has 0 saturated heterocycles. The van der Waals surface area contributed by atoms with Crippen LogP contribution in [0.25, 0.3) is 11.3 Å². The molecule has 1 aromatic carbocycles. The largest absolute Gasteiger partial charge is 0.301 e. The van der Waals surface area contributed by atoms with Crippen LogP contribution in [0.2, 0.25) is 0 Å². The number of aromatic nitrogens is 1. The molecule has 0 saturated carbocycles. The fourth-order valence-electron chi connectivity index (χ4n) is 1.70. The molecule has 1 aromatic heterocycles. The van der Waals surface area contributed by atoms with Crippen LogP contribution in [-0.2, 0) is 32.7 Å². The Morgan fingerprint density at radius 1 is 1.32 bits per heavy atom. The van der Waals surface area contributed by atoms with Gasteiger partial charge in [-0.05, 0) is 17.9 Å². The predicted octanol–water partition coefficient (Wildman–Crippen LogP) is 4.20. The van der Waals surface area contributed by atoms with E-state index >= 15 is 0 Å². The molecule has 1 radical (unpaired) electrons. The fourth-order valence-corrected chi connectivity index (χ4v) is 2.42. The predicted molar refractivity (Wildman–Crippen MR) is 79.3 cm³/mol. The molecule has 0 aliphatic carbocycles. The minimum atomic E-state index is -0.391. The Morgan fingerprint density at radius 3 is 2.79 bits per heavy atom. The monoisotopic (exact) mass is 517 g/mol. The summed E-state index contributed by atoms with van der Waals surface area (Å²) >= 11 is 3.44. The van der Waals surface area contributed by atoms with Gasteiger partial charge in [-0.3, -0.25) is 4.39 Å². The van der Waals surface area contributed by atoms with Gasteiger partial charge in [0.15, 0.2) is 0 Å². The average molecular weight is 517 g/mol. The van der Waals surface area contributed by atoms with Crippen molar-refractivity contribution < 1.29 is 24.5 Å². The van der Waals surface area contributed by atoms with Gasteiger partial charge in [-0.25, -0.2) is 0 Å². The van der Waals surface area contributed by atoms with Gasteiger partial charge in [0.05, 0.1) is 6.67 Å². The van der Waals surface area contributed by atoms with Gasteiger partial charge in [0.2, 0.25) is 0 Å². The molecule has 1 atom stereocenters. The molecule has 0 aliphatic heterocycles. The van der Waals surface area contributed by atoms with Crippen molar-refractivity contribution in [3.05, 3.63) is 52.1 Å². The van der Waals surface area contributed by atoms with Crippen LogP contribution in [-0.4, -0.2) is 11.7 Å². The standard InChI is InChI=1S/C14H13BrFNP.Ir/c15-12-7-13(4-5-16)17-14(8-12)11-3-1-2-10(6-11)9-18;/h1-3,7-8H,4-5,9,18H2;/q-1;. The molecular weight excluding hydrogens is 504 g/mol. The first-order chi connectivity index (χ1) is 8.72. The molecule has 2 rings (SSSR count). The molecule has 0 bridgehead atoms. The maximum absolute atomic E-state index is 12.4. The summed E-state index contributed by atoms with van der Waals surface area (Å²) in [5, 5.41) is 0. The summed E-state index contributed by atoms with van der Waals surface area (Å²) in [6.07, 6.45) is 1.20. The van der Waals surface area contributed by atoms with Crippen LogP contribution in [0.1, 0.15) is 11.3 Å². The first kappa shape index (κ1) is 16.9. The average Bonchev–Trinajstić information content (AvgIpc) is 2.38. The molecular formula is C14H13BrFIrNP-. The van der Waals surface area contributed by atoms with E-state index in [9.17, 15) is 4.39 Å². The van der Waals surface area contributed by atoms with Crippen molar-refractivity contribution in [2.24, 2.45) is 0 Å². The topological polar surface area (TPSA) is 12.9 Å². The van der Waals surface area contributed by atoms with Crippen LogP contribution in [0.5, 0.6) is 0 Å². The molecule has 0 spiro atoms. The van der Waals surface area contributed by atoms with Crippen LogP contribution in [0.3, 0.4) is 0 Å². The zero-order valence-electron chi connectivity index (χ0n) is 10.1. The minimum absolute atomic E-state index is 0. The molecule has 103 valence electrons. The Hall–Kier alpha value is -0.141. The number of rotatable bonds is 4. The van der Waals surface area contributed by atoms with Crippen LogP contribution in [0.4, 0.5) is 4.39 Å². The maximum Gasteiger partial charge on any atom is 0.0949 e. The van der Waals surface area contributed by atoms with Crippen molar-refractivity contribution in [3.63, 3.8) is 0 Å². The summed E-state index contributed by atoms with van der Waals surface area (Å²) in [6, 6.07) is 13.1. The van der Waals surface area contributed by atoms with Crippen LogP contribution < -0.4 is 0 Å². The number of hydrogen-bond acceptors (Lipinski definition) is 1. The minimum Gasteiger partial charge on any atom is -0.301 e. The van der Waals surface area contributed by atoms with E-state index in [1.54, 1.807) is 0 Å². The second-order valence-corrected chi connectivity index (χ2v) is 5.22. The van der Waals surface area contributed by atoms with Gasteiger partial charge in [0.25, 0.3) is 0 Å². The summed E-state index contributed by atoms with van der Waals surface area (Å²) in [4.78, 5) is 4.46. The number of hydrogen-bond donors (Lipinski definition) is 0. The Morgan fingerprint density at radius 2 is 2.11 bits per heavy atom. The quantitative estimate of drug-likeness (QED) is 0.438. The van der Waals surface area contributed by atoms with Gasteiger partial charge in [-0.2, -0.15) is 0 Å². The number of pyridine rings is 1. The summed E-state index contributed by atoms with van der Waals surface area (Å²) in [5.41, 5.74) is 3.64. The zero-order chi connectivity index (χ0) is 13.0. The maximum atomic E-state index is 12.4. The smallest absolute Gasteiger partial charge is 0.0949 e. The molecule has 1 heterocycles. The third-order valence-corrected chi connectivity index (χ3v) is 3.44. The second kappa shape index (κ2) is 8.21. The number of alkyl halides is 1. The van der Waals surface area contributed by atoms with Crippen molar-refractivity contribution >= 4 is 25.2 Å². The van der Waals surface area contributed by atoms with E-state index in [2.05, 4.69) is 36.2 Å². The Labute approximate surface area is 137 Å². The van der Waals surface area contributed by atoms with E-state index in [1.165, 1.54) is 0 Å². The van der Waals surface area contributed by atoms with Crippen molar-refractivity contribution in [3.8, 4) is 11.3 Å². The van der Waals surface area contributed by atoms with Crippen molar-refractivity contribution in [1.82, 2.24) is 4.98 Å². The van der Waals surface area contributed by atoms with E-state index in [-0.39, 0.29) is 20.1 Å². The van der Waals surface area contributed by atoms with Gasteiger partial charge < -0.3 is 4.98 Å². The van der Waals surface area contributed by atoms with E-state index in [1.807, 2.05) is 30.3 Å². The summed E-state index contributed by atoms with van der Waals surface area (Å²) < 4.78 is 13.3. The first-order valence-corrected chi connectivity index (χ1v) is 7.28. The number of aryl methyl sites for hydroxylation is 1. The second-order valence-electron chi connectivity index (χ2n) is 3.89. The molecule has 0 fully saturated rings. The molecule has 0 aliphatic rings. The molecule has 1 nitrogen and oxygen atoms in total. The summed E-state index contributed by atoms with van der Waals surface area (Å²) in [6.45, 7) is -0.391. The van der Waals surface area contributed by atoms with Crippen molar-refractivity contribution in [1.29, 1.82) is 0 Å². The first-order valence-electron chi connectivity index (χ1n) is 5.67. The van der Waals surface area contributed by atoms with Crippen LogP contribution >= 0.6 is 25.2 Å².